The molecular weight excluding hydrogens is 354 g/mol. The highest BCUT2D eigenvalue weighted by atomic mass is 32.2. The molecule has 132 valence electrons. The van der Waals surface area contributed by atoms with Crippen LogP contribution >= 0.6 is 0 Å². The summed E-state index contributed by atoms with van der Waals surface area (Å²) in [7, 11) is -3.52. The van der Waals surface area contributed by atoms with Crippen molar-refractivity contribution in [2.75, 3.05) is 18.4 Å². The quantitative estimate of drug-likeness (QED) is 0.644. The molecule has 0 bridgehead atoms. The van der Waals surface area contributed by atoms with Crippen LogP contribution in [0.1, 0.15) is 5.56 Å². The zero-order chi connectivity index (χ0) is 18.0. The first kappa shape index (κ1) is 16.2. The van der Waals surface area contributed by atoms with Gasteiger partial charge in [0.25, 0.3) is 10.0 Å². The molecule has 9 nitrogen and oxygen atoms in total. The highest BCUT2D eigenvalue weighted by Crippen LogP contribution is 2.22. The van der Waals surface area contributed by atoms with Crippen molar-refractivity contribution in [2.45, 2.75) is 4.90 Å². The highest BCUT2D eigenvalue weighted by molar-refractivity contribution is 7.90. The van der Waals surface area contributed by atoms with Crippen LogP contribution in [-0.2, 0) is 10.0 Å². The topological polar surface area (TPSA) is 114 Å². The van der Waals surface area contributed by atoms with Crippen LogP contribution in [0.25, 0.3) is 5.69 Å². The summed E-state index contributed by atoms with van der Waals surface area (Å²) in [6.45, 7) is 0.800. The smallest absolute Gasteiger partial charge is 0.263 e. The van der Waals surface area contributed by atoms with Gasteiger partial charge >= 0.3 is 0 Å². The summed E-state index contributed by atoms with van der Waals surface area (Å²) in [6, 6.07) is 16.3. The lowest BCUT2D eigenvalue weighted by molar-refractivity contribution is 0.595. The minimum atomic E-state index is -3.52. The molecule has 10 heteroatoms. The lowest BCUT2D eigenvalue weighted by Crippen LogP contribution is -2.23. The molecule has 4 rings (SSSR count). The fourth-order valence-electron chi connectivity index (χ4n) is 2.63. The second-order valence-corrected chi connectivity index (χ2v) is 7.16. The summed E-state index contributed by atoms with van der Waals surface area (Å²) < 4.78 is 28.2. The molecule has 2 N–H and O–H groups in total. The van der Waals surface area contributed by atoms with Gasteiger partial charge in [-0.1, -0.05) is 35.4 Å². The van der Waals surface area contributed by atoms with E-state index in [4.69, 9.17) is 0 Å². The van der Waals surface area contributed by atoms with Crippen LogP contribution in [0.4, 0.5) is 5.95 Å². The van der Waals surface area contributed by atoms with Gasteiger partial charge in [0.2, 0.25) is 5.95 Å². The van der Waals surface area contributed by atoms with Crippen LogP contribution in [0.15, 0.2) is 64.5 Å². The number of benzene rings is 2. The molecule has 2 aromatic carbocycles. The summed E-state index contributed by atoms with van der Waals surface area (Å²) in [4.78, 5) is 4.60. The summed E-state index contributed by atoms with van der Waals surface area (Å²) >= 11 is 0. The minimum absolute atomic E-state index is 0.250. The molecule has 2 heterocycles. The molecule has 0 radical (unpaired) electrons. The summed E-state index contributed by atoms with van der Waals surface area (Å²) in [6.07, 6.45) is 0. The Balaban J connectivity index is 1.45. The van der Waals surface area contributed by atoms with E-state index >= 15 is 0 Å². The molecule has 0 aliphatic carbocycles. The first-order chi connectivity index (χ1) is 12.6. The van der Waals surface area contributed by atoms with E-state index in [1.54, 1.807) is 28.9 Å². The molecule has 26 heavy (non-hydrogen) atoms. The zero-order valence-corrected chi connectivity index (χ0v) is 14.4. The number of aliphatic imine (C=N–C) groups is 1. The Morgan fingerprint density at radius 3 is 2.69 bits per heavy atom. The van der Waals surface area contributed by atoms with Crippen molar-refractivity contribution >= 4 is 21.8 Å². The largest absolute Gasteiger partial charge is 0.351 e. The number of sulfonamides is 1. The maximum atomic E-state index is 12.0. The number of nitrogens with zero attached hydrogens (tertiary/aromatic N) is 5. The monoisotopic (exact) mass is 369 g/mol. The summed E-state index contributed by atoms with van der Waals surface area (Å²) in [5, 5.41) is 14.7. The molecular formula is C16H15N7O2S. The van der Waals surface area contributed by atoms with Crippen LogP contribution in [0.5, 0.6) is 0 Å². The number of nitrogens with one attached hydrogen (secondary N) is 2. The molecule has 1 aromatic heterocycles. The van der Waals surface area contributed by atoms with Gasteiger partial charge in [0, 0.05) is 12.1 Å². The number of anilines is 1. The third-order valence-corrected chi connectivity index (χ3v) is 5.19. The van der Waals surface area contributed by atoms with E-state index in [1.165, 1.54) is 0 Å². The number of hydrogen-bond acceptors (Lipinski definition) is 7. The molecule has 0 saturated carbocycles. The van der Waals surface area contributed by atoms with Crippen molar-refractivity contribution in [3.05, 3.63) is 60.2 Å². The summed E-state index contributed by atoms with van der Waals surface area (Å²) in [5.74, 6) is 0.842. The Bertz CT molecular complexity index is 1060. The number of tetrazole rings is 1. The van der Waals surface area contributed by atoms with Crippen LogP contribution in [0.3, 0.4) is 0 Å². The van der Waals surface area contributed by atoms with E-state index in [0.717, 1.165) is 5.69 Å². The van der Waals surface area contributed by atoms with E-state index in [-0.39, 0.29) is 4.90 Å². The average molecular weight is 369 g/mol. The minimum Gasteiger partial charge on any atom is -0.351 e. The van der Waals surface area contributed by atoms with Crippen molar-refractivity contribution in [1.82, 2.24) is 24.9 Å². The molecule has 1 aliphatic rings. The molecule has 0 saturated heterocycles. The number of amidine groups is 1. The van der Waals surface area contributed by atoms with Gasteiger partial charge in [0.05, 0.1) is 17.1 Å². The van der Waals surface area contributed by atoms with E-state index in [9.17, 15) is 8.42 Å². The fourth-order valence-corrected chi connectivity index (χ4v) is 3.88. The highest BCUT2D eigenvalue weighted by Gasteiger charge is 2.29. The van der Waals surface area contributed by atoms with Crippen LogP contribution in [-0.4, -0.2) is 47.6 Å². The van der Waals surface area contributed by atoms with Gasteiger partial charge in [-0.2, -0.15) is 4.68 Å². The van der Waals surface area contributed by atoms with Crippen molar-refractivity contribution < 1.29 is 8.42 Å². The number of para-hydroxylation sites is 1. The maximum Gasteiger partial charge on any atom is 0.263 e. The molecule has 0 atom stereocenters. The van der Waals surface area contributed by atoms with Gasteiger partial charge in [-0.15, -0.1) is 0 Å². The molecule has 0 unspecified atom stereocenters. The standard InChI is InChI=1S/C16H15N7O2S/c24-26(25)14-9-5-4-8-13(14)15(20-26)17-10-11-18-16-19-21-22-23(16)12-6-2-1-3-7-12/h1-9H,10-11H2,(H,17,20)(H,18,19,22). The predicted molar refractivity (Wildman–Crippen MR) is 95.8 cm³/mol. The Hall–Kier alpha value is -3.27. The van der Waals surface area contributed by atoms with E-state index in [2.05, 4.69) is 30.6 Å². The van der Waals surface area contributed by atoms with E-state index < -0.39 is 10.0 Å². The second kappa shape index (κ2) is 6.56. The molecule has 0 fully saturated rings. The van der Waals surface area contributed by atoms with Crippen molar-refractivity contribution in [2.24, 2.45) is 4.99 Å². The first-order valence-electron chi connectivity index (χ1n) is 7.89. The Kier molecular flexibility index (Phi) is 4.09. The normalized spacial score (nSPS) is 16.2. The first-order valence-corrected chi connectivity index (χ1v) is 9.38. The summed E-state index contributed by atoms with van der Waals surface area (Å²) in [5.41, 5.74) is 1.42. The Morgan fingerprint density at radius 2 is 1.85 bits per heavy atom. The SMILES string of the molecule is O=S1(=O)NC(=NCCNc2nnnn2-c2ccccc2)c2ccccc21. The molecule has 1 aliphatic heterocycles. The molecule has 0 spiro atoms. The van der Waals surface area contributed by atoms with Gasteiger partial charge in [-0.3, -0.25) is 9.71 Å². The molecule has 0 amide bonds. The number of aromatic nitrogens is 4. The second-order valence-electron chi connectivity index (χ2n) is 5.51. The predicted octanol–water partition coefficient (Wildman–Crippen LogP) is 0.813. The Morgan fingerprint density at radius 1 is 1.08 bits per heavy atom. The van der Waals surface area contributed by atoms with Crippen molar-refractivity contribution in [3.8, 4) is 5.69 Å². The van der Waals surface area contributed by atoms with Gasteiger partial charge in [-0.25, -0.2) is 8.42 Å². The van der Waals surface area contributed by atoms with Gasteiger partial charge in [0.15, 0.2) is 0 Å². The van der Waals surface area contributed by atoms with Crippen molar-refractivity contribution in [3.63, 3.8) is 0 Å². The van der Waals surface area contributed by atoms with Gasteiger partial charge in [-0.05, 0) is 34.7 Å². The van der Waals surface area contributed by atoms with Crippen LogP contribution in [0.2, 0.25) is 0 Å². The lowest BCUT2D eigenvalue weighted by atomic mass is 10.2. The van der Waals surface area contributed by atoms with E-state index in [0.29, 0.717) is 30.4 Å². The third kappa shape index (κ3) is 3.02. The number of fused-ring (bicyclic) bond motifs is 1. The zero-order valence-electron chi connectivity index (χ0n) is 13.6. The molecule has 3 aromatic rings. The van der Waals surface area contributed by atoms with Crippen LogP contribution in [0, 0.1) is 0 Å². The number of hydrogen-bond donors (Lipinski definition) is 2. The third-order valence-electron chi connectivity index (χ3n) is 3.80. The average Bonchev–Trinajstić information content (AvgIpc) is 3.22. The van der Waals surface area contributed by atoms with E-state index in [1.807, 2.05) is 30.3 Å². The van der Waals surface area contributed by atoms with Gasteiger partial charge < -0.3 is 5.32 Å². The maximum absolute atomic E-state index is 12.0. The Labute approximate surface area is 149 Å². The fraction of sp³-hybridized carbons (Fsp3) is 0.125. The lowest BCUT2D eigenvalue weighted by Gasteiger charge is -2.06. The van der Waals surface area contributed by atoms with Crippen LogP contribution < -0.4 is 10.0 Å². The van der Waals surface area contributed by atoms with Gasteiger partial charge in [0.1, 0.15) is 5.84 Å². The van der Waals surface area contributed by atoms with Crippen molar-refractivity contribution in [1.29, 1.82) is 0 Å². The number of rotatable bonds is 5.